The topological polar surface area (TPSA) is 94.9 Å². The number of carboxylic acid groups (broad SMARTS) is 1. The number of hydrogen-bond donors (Lipinski definition) is 2. The van der Waals surface area contributed by atoms with Gasteiger partial charge in [-0.15, -0.1) is 0 Å². The third-order valence-corrected chi connectivity index (χ3v) is 6.35. The Morgan fingerprint density at radius 2 is 2.15 bits per heavy atom. The monoisotopic (exact) mass is 396 g/mol. The van der Waals surface area contributed by atoms with Gasteiger partial charge in [0.15, 0.2) is 5.13 Å². The lowest BCUT2D eigenvalue weighted by Gasteiger charge is -2.48. The molecular formula is C17H21ClN4O3S. The van der Waals surface area contributed by atoms with Gasteiger partial charge < -0.3 is 15.3 Å². The van der Waals surface area contributed by atoms with Gasteiger partial charge in [-0.25, -0.2) is 14.8 Å². The Kier molecular flexibility index (Phi) is 5.34. The molecule has 26 heavy (non-hydrogen) atoms. The molecule has 1 fully saturated rings. The minimum absolute atomic E-state index is 0.0165. The van der Waals surface area contributed by atoms with Crippen LogP contribution in [0.2, 0.25) is 0 Å². The zero-order valence-corrected chi connectivity index (χ0v) is 16.4. The van der Waals surface area contributed by atoms with Crippen LogP contribution in [-0.2, 0) is 4.79 Å². The molecule has 140 valence electrons. The van der Waals surface area contributed by atoms with Crippen molar-refractivity contribution in [2.45, 2.75) is 52.1 Å². The maximum absolute atomic E-state index is 12.5. The number of allylic oxidation sites excluding steroid dienone is 1. The first-order valence-corrected chi connectivity index (χ1v) is 9.78. The Hall–Kier alpha value is -1.93. The Morgan fingerprint density at radius 1 is 1.42 bits per heavy atom. The van der Waals surface area contributed by atoms with Gasteiger partial charge in [-0.1, -0.05) is 36.8 Å². The van der Waals surface area contributed by atoms with Gasteiger partial charge in [0, 0.05) is 13.0 Å². The van der Waals surface area contributed by atoms with Crippen LogP contribution in [0.15, 0.2) is 15.7 Å². The number of nitrogens with one attached hydrogen (secondary N) is 1. The van der Waals surface area contributed by atoms with Crippen LogP contribution in [-0.4, -0.2) is 46.3 Å². The standard InChI is InChI=1S/C17H21ClN4O3S/c1-4-9-6-10(20-14(9)18)15(23)21-11-7-22(12(11)5-2)17-19-8(3)13(26-17)16(24)25/h11-12H,4-7H2,1-3H3,(H,21,23)(H,24,25)/t11-,12-/m1/s1. The number of carboxylic acids is 1. The number of carbonyl (C=O) groups is 2. The molecule has 1 aromatic rings. The van der Waals surface area contributed by atoms with E-state index >= 15 is 0 Å². The summed E-state index contributed by atoms with van der Waals surface area (Å²) in [5.41, 5.74) is 1.96. The van der Waals surface area contributed by atoms with E-state index in [0.29, 0.717) is 34.7 Å². The summed E-state index contributed by atoms with van der Waals surface area (Å²) in [4.78, 5) is 34.5. The molecule has 0 radical (unpaired) electrons. The van der Waals surface area contributed by atoms with E-state index in [0.717, 1.165) is 18.4 Å². The molecule has 0 spiro atoms. The Bertz CT molecular complexity index is 817. The number of thiazole rings is 1. The van der Waals surface area contributed by atoms with Gasteiger partial charge in [0.1, 0.15) is 15.7 Å². The van der Waals surface area contributed by atoms with Crippen LogP contribution < -0.4 is 10.2 Å². The molecule has 2 N–H and O–H groups in total. The zero-order valence-electron chi connectivity index (χ0n) is 14.9. The summed E-state index contributed by atoms with van der Waals surface area (Å²) in [5.74, 6) is -1.14. The molecule has 7 nitrogen and oxygen atoms in total. The molecule has 0 unspecified atom stereocenters. The lowest BCUT2D eigenvalue weighted by Crippen LogP contribution is -2.67. The Morgan fingerprint density at radius 3 is 2.69 bits per heavy atom. The number of aliphatic imine (C=N–C) groups is 1. The summed E-state index contributed by atoms with van der Waals surface area (Å²) in [6, 6.07) is 0.0689. The summed E-state index contributed by atoms with van der Waals surface area (Å²) in [6.45, 7) is 6.33. The highest BCUT2D eigenvalue weighted by Crippen LogP contribution is 2.34. The molecule has 2 aliphatic rings. The number of halogens is 1. The fraction of sp³-hybridized carbons (Fsp3) is 0.529. The molecule has 2 atom stereocenters. The van der Waals surface area contributed by atoms with Crippen LogP contribution >= 0.6 is 22.9 Å². The van der Waals surface area contributed by atoms with Gasteiger partial charge in [-0.2, -0.15) is 0 Å². The van der Waals surface area contributed by atoms with Crippen molar-refractivity contribution in [1.82, 2.24) is 10.3 Å². The van der Waals surface area contributed by atoms with Crippen molar-refractivity contribution in [3.63, 3.8) is 0 Å². The first-order chi connectivity index (χ1) is 12.3. The van der Waals surface area contributed by atoms with E-state index < -0.39 is 5.97 Å². The van der Waals surface area contributed by atoms with E-state index in [-0.39, 0.29) is 22.9 Å². The number of nitrogens with zero attached hydrogens (tertiary/aromatic N) is 3. The molecule has 1 aromatic heterocycles. The Balaban J connectivity index is 1.64. The smallest absolute Gasteiger partial charge is 0.347 e. The minimum atomic E-state index is -0.958. The molecule has 1 amide bonds. The number of amides is 1. The largest absolute Gasteiger partial charge is 0.477 e. The van der Waals surface area contributed by atoms with Crippen molar-refractivity contribution in [2.24, 2.45) is 4.99 Å². The predicted octanol–water partition coefficient (Wildman–Crippen LogP) is 2.94. The van der Waals surface area contributed by atoms with Gasteiger partial charge >= 0.3 is 5.97 Å². The molecule has 3 rings (SSSR count). The van der Waals surface area contributed by atoms with Gasteiger partial charge in [0.05, 0.1) is 17.8 Å². The van der Waals surface area contributed by atoms with E-state index in [1.54, 1.807) is 6.92 Å². The van der Waals surface area contributed by atoms with Crippen molar-refractivity contribution >= 4 is 45.7 Å². The second-order valence-corrected chi connectivity index (χ2v) is 7.74. The van der Waals surface area contributed by atoms with Crippen LogP contribution in [0, 0.1) is 6.92 Å². The second kappa shape index (κ2) is 7.36. The molecule has 9 heteroatoms. The lowest BCUT2D eigenvalue weighted by molar-refractivity contribution is -0.116. The molecule has 1 saturated heterocycles. The average molecular weight is 397 g/mol. The third-order valence-electron chi connectivity index (χ3n) is 4.81. The van der Waals surface area contributed by atoms with E-state index in [1.165, 1.54) is 11.3 Å². The first kappa shape index (κ1) is 18.8. The number of anilines is 1. The van der Waals surface area contributed by atoms with E-state index in [1.807, 2.05) is 18.7 Å². The minimum Gasteiger partial charge on any atom is -0.477 e. The summed E-state index contributed by atoms with van der Waals surface area (Å²) in [6.07, 6.45) is 2.10. The highest BCUT2D eigenvalue weighted by atomic mass is 35.5. The number of aromatic nitrogens is 1. The van der Waals surface area contributed by atoms with E-state index in [4.69, 9.17) is 11.6 Å². The first-order valence-electron chi connectivity index (χ1n) is 8.58. The Labute approximate surface area is 160 Å². The van der Waals surface area contributed by atoms with Crippen LogP contribution in [0.5, 0.6) is 0 Å². The van der Waals surface area contributed by atoms with Crippen LogP contribution in [0.3, 0.4) is 0 Å². The molecule has 3 heterocycles. The molecule has 0 bridgehead atoms. The van der Waals surface area contributed by atoms with Crippen molar-refractivity contribution in [3.8, 4) is 0 Å². The maximum Gasteiger partial charge on any atom is 0.347 e. The quantitative estimate of drug-likeness (QED) is 0.721. The summed E-state index contributed by atoms with van der Waals surface area (Å²) < 4.78 is 0. The van der Waals surface area contributed by atoms with Crippen LogP contribution in [0.4, 0.5) is 5.13 Å². The van der Waals surface area contributed by atoms with Crippen molar-refractivity contribution < 1.29 is 14.7 Å². The summed E-state index contributed by atoms with van der Waals surface area (Å²) >= 11 is 7.23. The highest BCUT2D eigenvalue weighted by Gasteiger charge is 2.41. The summed E-state index contributed by atoms with van der Waals surface area (Å²) in [5, 5.41) is 13.3. The predicted molar refractivity (Wildman–Crippen MR) is 102 cm³/mol. The number of aromatic carboxylic acids is 1. The van der Waals surface area contributed by atoms with Crippen molar-refractivity contribution in [1.29, 1.82) is 0 Å². The highest BCUT2D eigenvalue weighted by molar-refractivity contribution is 7.17. The fourth-order valence-electron chi connectivity index (χ4n) is 3.28. The van der Waals surface area contributed by atoms with Crippen molar-refractivity contribution in [3.05, 3.63) is 21.3 Å². The van der Waals surface area contributed by atoms with Crippen LogP contribution in [0.25, 0.3) is 0 Å². The zero-order chi connectivity index (χ0) is 19.0. The second-order valence-electron chi connectivity index (χ2n) is 6.41. The number of hydrogen-bond acceptors (Lipinski definition) is 6. The molecular weight excluding hydrogens is 376 g/mol. The number of aryl methyl sites for hydroxylation is 1. The molecule has 0 saturated carbocycles. The fourth-order valence-corrected chi connectivity index (χ4v) is 4.56. The van der Waals surface area contributed by atoms with E-state index in [9.17, 15) is 14.7 Å². The SMILES string of the molecule is CCC1=C(Cl)N=C(C(=O)N[C@@H]2CN(c3nc(C)c(C(=O)O)s3)[C@@H]2CC)C1. The van der Waals surface area contributed by atoms with Crippen molar-refractivity contribution in [2.75, 3.05) is 11.4 Å². The number of rotatable bonds is 6. The average Bonchev–Trinajstić information content (AvgIpc) is 3.13. The molecule has 2 aliphatic heterocycles. The number of carbonyl (C=O) groups excluding carboxylic acids is 1. The summed E-state index contributed by atoms with van der Waals surface area (Å²) in [7, 11) is 0. The molecule has 0 aromatic carbocycles. The normalized spacial score (nSPS) is 22.3. The van der Waals surface area contributed by atoms with Gasteiger partial charge in [-0.3, -0.25) is 4.79 Å². The third kappa shape index (κ3) is 3.35. The maximum atomic E-state index is 12.5. The van der Waals surface area contributed by atoms with Gasteiger partial charge in [-0.05, 0) is 25.3 Å². The van der Waals surface area contributed by atoms with Crippen LogP contribution in [0.1, 0.15) is 48.5 Å². The molecule has 0 aliphatic carbocycles. The van der Waals surface area contributed by atoms with Gasteiger partial charge in [0.2, 0.25) is 0 Å². The van der Waals surface area contributed by atoms with Gasteiger partial charge in [0.25, 0.3) is 5.91 Å². The van der Waals surface area contributed by atoms with E-state index in [2.05, 4.69) is 15.3 Å². The lowest BCUT2D eigenvalue weighted by atomic mass is 9.94.